The highest BCUT2D eigenvalue weighted by atomic mass is 15.0. The summed E-state index contributed by atoms with van der Waals surface area (Å²) in [4.78, 5) is 6.49. The van der Waals surface area contributed by atoms with Gasteiger partial charge in [-0.1, -0.05) is 26.8 Å². The van der Waals surface area contributed by atoms with E-state index in [-0.39, 0.29) is 0 Å². The molecule has 0 radical (unpaired) electrons. The van der Waals surface area contributed by atoms with Gasteiger partial charge in [0.2, 0.25) is 0 Å². The van der Waals surface area contributed by atoms with Crippen molar-refractivity contribution in [2.45, 2.75) is 33.7 Å². The maximum absolute atomic E-state index is 4.32. The first-order valence-electron chi connectivity index (χ1n) is 5.31. The van der Waals surface area contributed by atoms with Gasteiger partial charge in [0.05, 0.1) is 0 Å². The van der Waals surface area contributed by atoms with E-state index in [0.29, 0.717) is 0 Å². The second kappa shape index (κ2) is 7.51. The lowest BCUT2D eigenvalue weighted by Crippen LogP contribution is -2.12. The summed E-state index contributed by atoms with van der Waals surface area (Å²) in [5, 5.41) is 0. The maximum atomic E-state index is 4.32. The van der Waals surface area contributed by atoms with Crippen LogP contribution in [-0.2, 0) is 13.0 Å². The molecule has 1 aromatic heterocycles. The number of pyridine rings is 1. The van der Waals surface area contributed by atoms with Crippen LogP contribution in [0.1, 0.15) is 32.0 Å². The maximum Gasteiger partial charge on any atom is 0.0445 e. The van der Waals surface area contributed by atoms with Crippen molar-refractivity contribution in [2.24, 2.45) is 0 Å². The van der Waals surface area contributed by atoms with Crippen molar-refractivity contribution in [1.82, 2.24) is 9.88 Å². The first-order chi connectivity index (χ1) is 6.74. The van der Waals surface area contributed by atoms with E-state index < -0.39 is 0 Å². The Morgan fingerprint density at radius 3 is 2.43 bits per heavy atom. The number of aromatic nitrogens is 1. The van der Waals surface area contributed by atoms with Crippen LogP contribution in [0.25, 0.3) is 0 Å². The third-order valence-corrected chi connectivity index (χ3v) is 1.81. The third-order valence-electron chi connectivity index (χ3n) is 1.81. The minimum Gasteiger partial charge on any atom is -0.305 e. The molecular weight excluding hydrogens is 172 g/mol. The molecule has 1 rings (SSSR count). The van der Waals surface area contributed by atoms with Crippen LogP contribution in [0.5, 0.6) is 0 Å². The van der Waals surface area contributed by atoms with E-state index in [1.165, 1.54) is 11.3 Å². The molecule has 2 heteroatoms. The summed E-state index contributed by atoms with van der Waals surface area (Å²) < 4.78 is 0. The molecule has 0 fully saturated rings. The number of hydrogen-bond acceptors (Lipinski definition) is 2. The quantitative estimate of drug-likeness (QED) is 0.735. The van der Waals surface area contributed by atoms with E-state index in [2.05, 4.69) is 37.0 Å². The highest BCUT2D eigenvalue weighted by Gasteiger charge is 2.00. The Morgan fingerprint density at radius 1 is 1.29 bits per heavy atom. The largest absolute Gasteiger partial charge is 0.305 e. The predicted molar refractivity (Wildman–Crippen MR) is 62.4 cm³/mol. The lowest BCUT2D eigenvalue weighted by molar-refractivity contribution is 0.400. The molecule has 0 bridgehead atoms. The molecule has 0 saturated heterocycles. The SMILES string of the molecule is CC.CCc1ncccc1CN(C)C. The average molecular weight is 194 g/mol. The molecule has 0 saturated carbocycles. The molecule has 0 spiro atoms. The molecule has 80 valence electrons. The van der Waals surface area contributed by atoms with Crippen molar-refractivity contribution in [3.63, 3.8) is 0 Å². The fraction of sp³-hybridized carbons (Fsp3) is 0.583. The number of aryl methyl sites for hydroxylation is 1. The third kappa shape index (κ3) is 4.38. The molecule has 0 amide bonds. The standard InChI is InChI=1S/C10H16N2.C2H6/c1-4-10-9(8-12(2)3)6-5-7-11-10;1-2/h5-7H,4,8H2,1-3H3;1-2H3. The Morgan fingerprint density at radius 2 is 1.93 bits per heavy atom. The minimum absolute atomic E-state index is 0.983. The summed E-state index contributed by atoms with van der Waals surface area (Å²) in [6.07, 6.45) is 2.88. The summed E-state index contributed by atoms with van der Waals surface area (Å²) in [6.45, 7) is 7.12. The van der Waals surface area contributed by atoms with Crippen LogP contribution < -0.4 is 0 Å². The van der Waals surface area contributed by atoms with Gasteiger partial charge < -0.3 is 4.90 Å². The van der Waals surface area contributed by atoms with Crippen molar-refractivity contribution in [2.75, 3.05) is 14.1 Å². The lowest BCUT2D eigenvalue weighted by atomic mass is 10.1. The van der Waals surface area contributed by atoms with Crippen molar-refractivity contribution in [3.05, 3.63) is 29.6 Å². The Labute approximate surface area is 88.0 Å². The van der Waals surface area contributed by atoms with E-state index in [0.717, 1.165) is 13.0 Å². The van der Waals surface area contributed by atoms with Crippen LogP contribution in [0, 0.1) is 0 Å². The zero-order chi connectivity index (χ0) is 11.0. The molecule has 0 N–H and O–H groups in total. The van der Waals surface area contributed by atoms with Gasteiger partial charge in [-0.3, -0.25) is 4.98 Å². The van der Waals surface area contributed by atoms with Gasteiger partial charge in [0, 0.05) is 18.4 Å². The first kappa shape index (κ1) is 13.1. The van der Waals surface area contributed by atoms with Crippen molar-refractivity contribution >= 4 is 0 Å². The Hall–Kier alpha value is -0.890. The number of hydrogen-bond donors (Lipinski definition) is 0. The fourth-order valence-electron chi connectivity index (χ4n) is 1.27. The molecule has 1 aromatic rings. The van der Waals surface area contributed by atoms with Gasteiger partial charge in [-0.2, -0.15) is 0 Å². The van der Waals surface area contributed by atoms with Gasteiger partial charge in [-0.25, -0.2) is 0 Å². The first-order valence-corrected chi connectivity index (χ1v) is 5.31. The molecule has 0 atom stereocenters. The van der Waals surface area contributed by atoms with Gasteiger partial charge in [-0.05, 0) is 32.1 Å². The lowest BCUT2D eigenvalue weighted by Gasteiger charge is -2.11. The van der Waals surface area contributed by atoms with E-state index in [9.17, 15) is 0 Å². The normalized spacial score (nSPS) is 9.57. The van der Waals surface area contributed by atoms with Crippen LogP contribution in [0.15, 0.2) is 18.3 Å². The zero-order valence-electron chi connectivity index (χ0n) is 10.0. The van der Waals surface area contributed by atoms with E-state index in [4.69, 9.17) is 0 Å². The topological polar surface area (TPSA) is 16.1 Å². The van der Waals surface area contributed by atoms with Crippen LogP contribution in [-0.4, -0.2) is 24.0 Å². The van der Waals surface area contributed by atoms with Crippen LogP contribution in [0.4, 0.5) is 0 Å². The summed E-state index contributed by atoms with van der Waals surface area (Å²) in [5.74, 6) is 0. The summed E-state index contributed by atoms with van der Waals surface area (Å²) in [7, 11) is 4.15. The summed E-state index contributed by atoms with van der Waals surface area (Å²) >= 11 is 0. The molecule has 0 aliphatic rings. The smallest absolute Gasteiger partial charge is 0.0445 e. The van der Waals surface area contributed by atoms with E-state index in [1.54, 1.807) is 0 Å². The van der Waals surface area contributed by atoms with Crippen LogP contribution >= 0.6 is 0 Å². The summed E-state index contributed by atoms with van der Waals surface area (Å²) in [5.41, 5.74) is 2.55. The second-order valence-electron chi connectivity index (χ2n) is 3.20. The van der Waals surface area contributed by atoms with Gasteiger partial charge in [-0.15, -0.1) is 0 Å². The molecule has 0 unspecified atom stereocenters. The molecule has 0 aromatic carbocycles. The molecule has 0 aliphatic heterocycles. The van der Waals surface area contributed by atoms with Crippen LogP contribution in [0.3, 0.4) is 0 Å². The van der Waals surface area contributed by atoms with Crippen molar-refractivity contribution < 1.29 is 0 Å². The highest BCUT2D eigenvalue weighted by Crippen LogP contribution is 2.07. The van der Waals surface area contributed by atoms with E-state index >= 15 is 0 Å². The fourth-order valence-corrected chi connectivity index (χ4v) is 1.27. The average Bonchev–Trinajstić information content (AvgIpc) is 2.21. The van der Waals surface area contributed by atoms with Crippen molar-refractivity contribution in [3.8, 4) is 0 Å². The predicted octanol–water partition coefficient (Wildman–Crippen LogP) is 2.73. The monoisotopic (exact) mass is 194 g/mol. The van der Waals surface area contributed by atoms with Crippen LogP contribution in [0.2, 0.25) is 0 Å². The second-order valence-corrected chi connectivity index (χ2v) is 3.20. The molecule has 0 aliphatic carbocycles. The van der Waals surface area contributed by atoms with E-state index in [1.807, 2.05) is 26.1 Å². The van der Waals surface area contributed by atoms with Gasteiger partial charge in [0.1, 0.15) is 0 Å². The Kier molecular flexibility index (Phi) is 7.03. The zero-order valence-corrected chi connectivity index (χ0v) is 10.0. The molecule has 2 nitrogen and oxygen atoms in total. The Balaban J connectivity index is 0.000000791. The molecular formula is C12H22N2. The van der Waals surface area contributed by atoms with Gasteiger partial charge in [0.15, 0.2) is 0 Å². The van der Waals surface area contributed by atoms with Crippen molar-refractivity contribution in [1.29, 1.82) is 0 Å². The molecule has 1 heterocycles. The number of rotatable bonds is 3. The number of nitrogens with zero attached hydrogens (tertiary/aromatic N) is 2. The molecule has 14 heavy (non-hydrogen) atoms. The minimum atomic E-state index is 0.983. The van der Waals surface area contributed by atoms with Gasteiger partial charge in [0.25, 0.3) is 0 Å². The summed E-state index contributed by atoms with van der Waals surface area (Å²) in [6, 6.07) is 4.14. The van der Waals surface area contributed by atoms with Gasteiger partial charge >= 0.3 is 0 Å². The Bertz CT molecular complexity index is 244. The highest BCUT2D eigenvalue weighted by molar-refractivity contribution is 5.19.